The topological polar surface area (TPSA) is 91.4 Å². The van der Waals surface area contributed by atoms with Crippen LogP contribution < -0.4 is 10.6 Å². The number of carbonyl (C=O) groups is 1. The van der Waals surface area contributed by atoms with Crippen LogP contribution in [0.4, 0.5) is 10.5 Å². The third kappa shape index (κ3) is 4.08. The van der Waals surface area contributed by atoms with Crippen LogP contribution in [0.3, 0.4) is 0 Å². The molecule has 3 rings (SSSR count). The number of anilines is 1. The first-order chi connectivity index (χ1) is 12.0. The van der Waals surface area contributed by atoms with Crippen LogP contribution in [0, 0.1) is 6.92 Å². The van der Waals surface area contributed by atoms with E-state index in [4.69, 9.17) is 0 Å². The van der Waals surface area contributed by atoms with Gasteiger partial charge in [-0.1, -0.05) is 6.07 Å². The van der Waals surface area contributed by atoms with Crippen LogP contribution >= 0.6 is 0 Å². The van der Waals surface area contributed by atoms with Gasteiger partial charge in [-0.25, -0.2) is 17.5 Å². The van der Waals surface area contributed by atoms with Crippen molar-refractivity contribution in [3.8, 4) is 0 Å². The molecule has 2 aromatic rings. The number of nitrogens with zero attached hydrogens (tertiary/aromatic N) is 2. The highest BCUT2D eigenvalue weighted by molar-refractivity contribution is 7.89. The van der Waals surface area contributed by atoms with E-state index < -0.39 is 16.1 Å². The van der Waals surface area contributed by atoms with Gasteiger partial charge in [0, 0.05) is 31.2 Å². The molecule has 1 fully saturated rings. The van der Waals surface area contributed by atoms with E-state index in [2.05, 4.69) is 15.6 Å². The molecule has 134 valence electrons. The fourth-order valence-electron chi connectivity index (χ4n) is 2.98. The van der Waals surface area contributed by atoms with E-state index in [1.807, 2.05) is 31.2 Å². The van der Waals surface area contributed by atoms with Crippen molar-refractivity contribution in [2.75, 3.05) is 30.7 Å². The maximum absolute atomic E-state index is 12.1. The van der Waals surface area contributed by atoms with Gasteiger partial charge in [0.25, 0.3) is 0 Å². The summed E-state index contributed by atoms with van der Waals surface area (Å²) in [5, 5.41) is 6.23. The zero-order valence-electron chi connectivity index (χ0n) is 14.2. The van der Waals surface area contributed by atoms with Crippen molar-refractivity contribution in [1.82, 2.24) is 14.6 Å². The lowest BCUT2D eigenvalue weighted by atomic mass is 10.1. The van der Waals surface area contributed by atoms with Crippen LogP contribution in [-0.4, -0.2) is 49.1 Å². The first-order valence-electron chi connectivity index (χ1n) is 8.34. The quantitative estimate of drug-likeness (QED) is 0.852. The maximum atomic E-state index is 12.1. The SMILES string of the molecule is Cc1ccc(NC(=O)NCCS(=O)(=O)N2CCCC2)c2cccnc12. The Hall–Kier alpha value is -2.19. The second-order valence-electron chi connectivity index (χ2n) is 6.13. The summed E-state index contributed by atoms with van der Waals surface area (Å²) in [6.45, 7) is 3.20. The van der Waals surface area contributed by atoms with Gasteiger partial charge >= 0.3 is 6.03 Å². The minimum atomic E-state index is -3.29. The summed E-state index contributed by atoms with van der Waals surface area (Å²) >= 11 is 0. The lowest BCUT2D eigenvalue weighted by Gasteiger charge is -2.16. The average Bonchev–Trinajstić information content (AvgIpc) is 3.13. The van der Waals surface area contributed by atoms with E-state index in [-0.39, 0.29) is 12.3 Å². The minimum absolute atomic E-state index is 0.0761. The third-order valence-electron chi connectivity index (χ3n) is 4.32. The normalized spacial score (nSPS) is 15.4. The molecule has 1 aromatic carbocycles. The average molecular weight is 362 g/mol. The number of amides is 2. The molecule has 0 bridgehead atoms. The number of urea groups is 1. The summed E-state index contributed by atoms with van der Waals surface area (Å²) in [5.74, 6) is -0.0867. The van der Waals surface area contributed by atoms with Gasteiger partial charge in [0.2, 0.25) is 10.0 Å². The second-order valence-corrected chi connectivity index (χ2v) is 8.22. The number of nitrogens with one attached hydrogen (secondary N) is 2. The highest BCUT2D eigenvalue weighted by atomic mass is 32.2. The van der Waals surface area contributed by atoms with Gasteiger partial charge in [0.05, 0.1) is 17.0 Å². The van der Waals surface area contributed by atoms with Crippen molar-refractivity contribution in [3.05, 3.63) is 36.0 Å². The summed E-state index contributed by atoms with van der Waals surface area (Å²) < 4.78 is 25.8. The van der Waals surface area contributed by atoms with Crippen LogP contribution in [0.15, 0.2) is 30.5 Å². The number of aryl methyl sites for hydroxylation is 1. The van der Waals surface area contributed by atoms with E-state index in [0.717, 1.165) is 29.3 Å². The highest BCUT2D eigenvalue weighted by Gasteiger charge is 2.24. The molecule has 2 N–H and O–H groups in total. The van der Waals surface area contributed by atoms with Gasteiger partial charge in [-0.05, 0) is 43.5 Å². The van der Waals surface area contributed by atoms with Gasteiger partial charge in [0.15, 0.2) is 0 Å². The number of sulfonamides is 1. The standard InChI is InChI=1S/C17H22N4O3S/c1-13-6-7-15(14-5-4-8-18-16(13)14)20-17(22)19-9-12-25(23,24)21-10-2-3-11-21/h4-8H,2-3,9-12H2,1H3,(H2,19,20,22). The summed E-state index contributed by atoms with van der Waals surface area (Å²) in [6.07, 6.45) is 3.52. The van der Waals surface area contributed by atoms with E-state index in [0.29, 0.717) is 18.8 Å². The number of rotatable bonds is 5. The number of carbonyl (C=O) groups excluding carboxylic acids is 1. The Bertz CT molecular complexity index is 877. The molecule has 1 aromatic heterocycles. The molecule has 25 heavy (non-hydrogen) atoms. The molecule has 1 aliphatic rings. The Morgan fingerprint density at radius 2 is 2.00 bits per heavy atom. The lowest BCUT2D eigenvalue weighted by molar-refractivity contribution is 0.252. The maximum Gasteiger partial charge on any atom is 0.319 e. The second kappa shape index (κ2) is 7.37. The van der Waals surface area contributed by atoms with Crippen LogP contribution in [-0.2, 0) is 10.0 Å². The van der Waals surface area contributed by atoms with Crippen molar-refractivity contribution in [2.24, 2.45) is 0 Å². The van der Waals surface area contributed by atoms with Crippen molar-refractivity contribution in [3.63, 3.8) is 0 Å². The molecule has 0 atom stereocenters. The fraction of sp³-hybridized carbons (Fsp3) is 0.412. The molecule has 2 heterocycles. The van der Waals surface area contributed by atoms with Crippen molar-refractivity contribution < 1.29 is 13.2 Å². The van der Waals surface area contributed by atoms with E-state index in [1.54, 1.807) is 6.20 Å². The number of hydrogen-bond donors (Lipinski definition) is 2. The van der Waals surface area contributed by atoms with Crippen LogP contribution in [0.1, 0.15) is 18.4 Å². The van der Waals surface area contributed by atoms with Crippen LogP contribution in [0.2, 0.25) is 0 Å². The van der Waals surface area contributed by atoms with Crippen LogP contribution in [0.25, 0.3) is 10.9 Å². The summed E-state index contributed by atoms with van der Waals surface area (Å²) in [7, 11) is -3.29. The third-order valence-corrected chi connectivity index (χ3v) is 6.20. The molecule has 1 aliphatic heterocycles. The monoisotopic (exact) mass is 362 g/mol. The molecule has 0 saturated carbocycles. The Labute approximate surface area is 147 Å². The minimum Gasteiger partial charge on any atom is -0.337 e. The molecule has 0 unspecified atom stereocenters. The fourth-order valence-corrected chi connectivity index (χ4v) is 4.41. The predicted octanol–water partition coefficient (Wildman–Crippen LogP) is 2.09. The lowest BCUT2D eigenvalue weighted by Crippen LogP contribution is -2.37. The van der Waals surface area contributed by atoms with E-state index in [9.17, 15) is 13.2 Å². The first kappa shape index (κ1) is 17.6. The van der Waals surface area contributed by atoms with Gasteiger partial charge in [0.1, 0.15) is 0 Å². The van der Waals surface area contributed by atoms with Gasteiger partial charge in [-0.3, -0.25) is 4.98 Å². The first-order valence-corrected chi connectivity index (χ1v) is 9.95. The molecule has 0 aliphatic carbocycles. The van der Waals surface area contributed by atoms with Gasteiger partial charge in [-0.15, -0.1) is 0 Å². The Morgan fingerprint density at radius 1 is 1.24 bits per heavy atom. The zero-order valence-corrected chi connectivity index (χ0v) is 15.0. The van der Waals surface area contributed by atoms with E-state index in [1.165, 1.54) is 4.31 Å². The molecule has 1 saturated heterocycles. The summed E-state index contributed by atoms with van der Waals surface area (Å²) in [6, 6.07) is 6.99. The number of aromatic nitrogens is 1. The van der Waals surface area contributed by atoms with Crippen molar-refractivity contribution in [1.29, 1.82) is 0 Å². The molecular formula is C17H22N4O3S. The highest BCUT2D eigenvalue weighted by Crippen LogP contribution is 2.24. The smallest absolute Gasteiger partial charge is 0.319 e. The molecule has 0 spiro atoms. The zero-order chi connectivity index (χ0) is 17.9. The largest absolute Gasteiger partial charge is 0.337 e. The molecule has 7 nitrogen and oxygen atoms in total. The summed E-state index contributed by atoms with van der Waals surface area (Å²) in [4.78, 5) is 16.4. The summed E-state index contributed by atoms with van der Waals surface area (Å²) in [5.41, 5.74) is 2.50. The molecule has 2 amide bonds. The van der Waals surface area contributed by atoms with Gasteiger partial charge in [-0.2, -0.15) is 0 Å². The molecule has 8 heteroatoms. The van der Waals surface area contributed by atoms with Crippen LogP contribution in [0.5, 0.6) is 0 Å². The number of pyridine rings is 1. The predicted molar refractivity (Wildman–Crippen MR) is 98.1 cm³/mol. The Morgan fingerprint density at radius 3 is 2.76 bits per heavy atom. The molecule has 0 radical (unpaired) electrons. The number of benzene rings is 1. The number of hydrogen-bond acceptors (Lipinski definition) is 4. The van der Waals surface area contributed by atoms with Gasteiger partial charge < -0.3 is 10.6 Å². The van der Waals surface area contributed by atoms with Crippen molar-refractivity contribution >= 4 is 32.6 Å². The Balaban J connectivity index is 1.59. The number of fused-ring (bicyclic) bond motifs is 1. The molecular weight excluding hydrogens is 340 g/mol. The van der Waals surface area contributed by atoms with Crippen molar-refractivity contribution in [2.45, 2.75) is 19.8 Å². The Kier molecular flexibility index (Phi) is 5.19. The van der Waals surface area contributed by atoms with E-state index >= 15 is 0 Å².